The van der Waals surface area contributed by atoms with Crippen LogP contribution in [-0.4, -0.2) is 16.1 Å². The molecule has 0 radical (unpaired) electrons. The van der Waals surface area contributed by atoms with Gasteiger partial charge in [-0.1, -0.05) is 24.3 Å². The van der Waals surface area contributed by atoms with Crippen molar-refractivity contribution in [2.75, 3.05) is 5.32 Å². The average molecular weight is 298 g/mol. The number of para-hydroxylation sites is 1. The first-order chi connectivity index (χ1) is 10.6. The van der Waals surface area contributed by atoms with Crippen molar-refractivity contribution in [1.82, 2.24) is 4.98 Å². The summed E-state index contributed by atoms with van der Waals surface area (Å²) in [5.74, 6) is -0.949. The first-order valence-electron chi connectivity index (χ1n) is 6.44. The standard InChI is InChI=1S/C16H11FN2O3/c17-12-3-1-2-4-13(12)19-16-18-9-14(22-16)10-5-7-11(8-6-10)15(20)21/h1-9H,(H,18,19)(H,20,21). The fourth-order valence-electron chi connectivity index (χ4n) is 1.92. The summed E-state index contributed by atoms with van der Waals surface area (Å²) in [6, 6.07) is 12.5. The SMILES string of the molecule is O=C(O)c1ccc(-c2cnc(Nc3ccccc3F)o2)cc1. The summed E-state index contributed by atoms with van der Waals surface area (Å²) in [4.78, 5) is 14.8. The number of carboxylic acid groups (broad SMARTS) is 1. The van der Waals surface area contributed by atoms with E-state index in [2.05, 4.69) is 10.3 Å². The molecule has 22 heavy (non-hydrogen) atoms. The lowest BCUT2D eigenvalue weighted by atomic mass is 10.1. The van der Waals surface area contributed by atoms with Crippen molar-refractivity contribution >= 4 is 17.7 Å². The maximum Gasteiger partial charge on any atom is 0.335 e. The van der Waals surface area contributed by atoms with Crippen LogP contribution in [0.25, 0.3) is 11.3 Å². The number of carboxylic acids is 1. The van der Waals surface area contributed by atoms with E-state index < -0.39 is 11.8 Å². The predicted molar refractivity (Wildman–Crippen MR) is 78.6 cm³/mol. The van der Waals surface area contributed by atoms with Gasteiger partial charge in [0.25, 0.3) is 6.01 Å². The van der Waals surface area contributed by atoms with Gasteiger partial charge in [0.2, 0.25) is 0 Å². The van der Waals surface area contributed by atoms with Crippen LogP contribution in [0.2, 0.25) is 0 Å². The minimum absolute atomic E-state index is 0.155. The molecule has 5 nitrogen and oxygen atoms in total. The quantitative estimate of drug-likeness (QED) is 0.763. The van der Waals surface area contributed by atoms with Crippen molar-refractivity contribution in [3.05, 3.63) is 66.1 Å². The van der Waals surface area contributed by atoms with E-state index in [-0.39, 0.29) is 17.3 Å². The number of aromatic carboxylic acids is 1. The molecule has 0 bridgehead atoms. The number of nitrogens with zero attached hydrogens (tertiary/aromatic N) is 1. The molecule has 0 amide bonds. The molecule has 3 rings (SSSR count). The lowest BCUT2D eigenvalue weighted by molar-refractivity contribution is 0.0697. The molecule has 0 saturated carbocycles. The normalized spacial score (nSPS) is 10.4. The fourth-order valence-corrected chi connectivity index (χ4v) is 1.92. The Morgan fingerprint density at radius 1 is 1.14 bits per heavy atom. The van der Waals surface area contributed by atoms with Crippen LogP contribution in [0, 0.1) is 5.82 Å². The zero-order valence-electron chi connectivity index (χ0n) is 11.3. The number of halogens is 1. The second-order valence-corrected chi connectivity index (χ2v) is 4.52. The third-order valence-corrected chi connectivity index (χ3v) is 3.04. The van der Waals surface area contributed by atoms with E-state index in [4.69, 9.17) is 9.52 Å². The smallest absolute Gasteiger partial charge is 0.335 e. The molecule has 0 unspecified atom stereocenters. The van der Waals surface area contributed by atoms with E-state index in [0.29, 0.717) is 11.3 Å². The van der Waals surface area contributed by atoms with Gasteiger partial charge in [0.15, 0.2) is 5.76 Å². The van der Waals surface area contributed by atoms with E-state index in [1.165, 1.54) is 24.4 Å². The third-order valence-electron chi connectivity index (χ3n) is 3.04. The van der Waals surface area contributed by atoms with Crippen LogP contribution in [0.1, 0.15) is 10.4 Å². The highest BCUT2D eigenvalue weighted by Crippen LogP contribution is 2.25. The van der Waals surface area contributed by atoms with Gasteiger partial charge in [-0.2, -0.15) is 0 Å². The Morgan fingerprint density at radius 2 is 1.86 bits per heavy atom. The second-order valence-electron chi connectivity index (χ2n) is 4.52. The molecular formula is C16H11FN2O3. The van der Waals surface area contributed by atoms with Gasteiger partial charge in [0, 0.05) is 5.56 Å². The molecule has 6 heteroatoms. The van der Waals surface area contributed by atoms with Gasteiger partial charge in [0.05, 0.1) is 17.4 Å². The van der Waals surface area contributed by atoms with Crippen LogP contribution in [0.4, 0.5) is 16.1 Å². The van der Waals surface area contributed by atoms with Crippen molar-refractivity contribution in [1.29, 1.82) is 0 Å². The minimum Gasteiger partial charge on any atom is -0.478 e. The summed E-state index contributed by atoms with van der Waals surface area (Å²) >= 11 is 0. The highest BCUT2D eigenvalue weighted by atomic mass is 19.1. The monoisotopic (exact) mass is 298 g/mol. The Balaban J connectivity index is 1.81. The van der Waals surface area contributed by atoms with E-state index in [9.17, 15) is 9.18 Å². The van der Waals surface area contributed by atoms with Crippen molar-refractivity contribution in [3.63, 3.8) is 0 Å². The van der Waals surface area contributed by atoms with E-state index >= 15 is 0 Å². The first kappa shape index (κ1) is 13.8. The van der Waals surface area contributed by atoms with E-state index in [1.54, 1.807) is 30.3 Å². The number of oxazole rings is 1. The molecular weight excluding hydrogens is 287 g/mol. The summed E-state index contributed by atoms with van der Waals surface area (Å²) < 4.78 is 19.0. The Hall–Kier alpha value is -3.15. The molecule has 3 aromatic rings. The molecule has 2 N–H and O–H groups in total. The predicted octanol–water partition coefficient (Wildman–Crippen LogP) is 3.92. The van der Waals surface area contributed by atoms with Gasteiger partial charge in [0.1, 0.15) is 5.82 Å². The maximum atomic E-state index is 13.5. The van der Waals surface area contributed by atoms with E-state index in [0.717, 1.165) is 0 Å². The van der Waals surface area contributed by atoms with Crippen LogP contribution in [0.5, 0.6) is 0 Å². The number of rotatable bonds is 4. The number of carbonyl (C=O) groups is 1. The van der Waals surface area contributed by atoms with E-state index in [1.807, 2.05) is 0 Å². The van der Waals surface area contributed by atoms with Gasteiger partial charge in [-0.05, 0) is 24.3 Å². The van der Waals surface area contributed by atoms with Crippen molar-refractivity contribution in [2.45, 2.75) is 0 Å². The average Bonchev–Trinajstić information content (AvgIpc) is 2.98. The topological polar surface area (TPSA) is 75.4 Å². The summed E-state index contributed by atoms with van der Waals surface area (Å²) in [6.45, 7) is 0. The van der Waals surface area contributed by atoms with Gasteiger partial charge < -0.3 is 14.8 Å². The van der Waals surface area contributed by atoms with Gasteiger partial charge in [-0.3, -0.25) is 0 Å². The van der Waals surface area contributed by atoms with Crippen LogP contribution < -0.4 is 5.32 Å². The molecule has 0 saturated heterocycles. The molecule has 2 aromatic carbocycles. The largest absolute Gasteiger partial charge is 0.478 e. The molecule has 0 aliphatic carbocycles. The molecule has 0 spiro atoms. The molecule has 0 fully saturated rings. The summed E-state index contributed by atoms with van der Waals surface area (Å²) in [6.07, 6.45) is 1.49. The maximum absolute atomic E-state index is 13.5. The van der Waals surface area contributed by atoms with Gasteiger partial charge in [-0.15, -0.1) is 0 Å². The Bertz CT molecular complexity index is 812. The number of hydrogen-bond donors (Lipinski definition) is 2. The molecule has 1 heterocycles. The minimum atomic E-state index is -0.994. The molecule has 0 atom stereocenters. The Morgan fingerprint density at radius 3 is 2.55 bits per heavy atom. The first-order valence-corrected chi connectivity index (χ1v) is 6.44. The molecule has 1 aromatic heterocycles. The third kappa shape index (κ3) is 2.80. The molecule has 110 valence electrons. The van der Waals surface area contributed by atoms with Crippen LogP contribution in [0.15, 0.2) is 59.1 Å². The number of hydrogen-bond acceptors (Lipinski definition) is 4. The van der Waals surface area contributed by atoms with Crippen LogP contribution in [0.3, 0.4) is 0 Å². The number of benzene rings is 2. The summed E-state index contributed by atoms with van der Waals surface area (Å²) in [7, 11) is 0. The van der Waals surface area contributed by atoms with Gasteiger partial charge >= 0.3 is 5.97 Å². The highest BCUT2D eigenvalue weighted by Gasteiger charge is 2.09. The lowest BCUT2D eigenvalue weighted by Crippen LogP contribution is -1.94. The van der Waals surface area contributed by atoms with Crippen molar-refractivity contribution in [3.8, 4) is 11.3 Å². The zero-order chi connectivity index (χ0) is 15.5. The number of nitrogens with one attached hydrogen (secondary N) is 1. The summed E-state index contributed by atoms with van der Waals surface area (Å²) in [5, 5.41) is 11.6. The number of anilines is 2. The van der Waals surface area contributed by atoms with Crippen LogP contribution in [-0.2, 0) is 0 Å². The molecule has 0 aliphatic heterocycles. The van der Waals surface area contributed by atoms with Crippen LogP contribution >= 0.6 is 0 Å². The number of aromatic nitrogens is 1. The molecule has 0 aliphatic rings. The highest BCUT2D eigenvalue weighted by molar-refractivity contribution is 5.88. The lowest BCUT2D eigenvalue weighted by Gasteiger charge is -2.02. The van der Waals surface area contributed by atoms with Crippen molar-refractivity contribution < 1.29 is 18.7 Å². The zero-order valence-corrected chi connectivity index (χ0v) is 11.3. The second kappa shape index (κ2) is 5.69. The Kier molecular flexibility index (Phi) is 3.57. The summed E-state index contributed by atoms with van der Waals surface area (Å²) in [5.41, 5.74) is 1.13. The van der Waals surface area contributed by atoms with Crippen molar-refractivity contribution in [2.24, 2.45) is 0 Å². The Labute approximate surface area is 125 Å². The fraction of sp³-hybridized carbons (Fsp3) is 0. The van der Waals surface area contributed by atoms with Gasteiger partial charge in [-0.25, -0.2) is 14.2 Å².